The number of ether oxygens (including phenoxy) is 1. The molecule has 0 aliphatic carbocycles. The van der Waals surface area contributed by atoms with Crippen LogP contribution in [-0.4, -0.2) is 30.2 Å². The van der Waals surface area contributed by atoms with Gasteiger partial charge in [0.2, 0.25) is 5.76 Å². The van der Waals surface area contributed by atoms with E-state index in [1.54, 1.807) is 6.92 Å². The molecule has 0 aliphatic rings. The van der Waals surface area contributed by atoms with E-state index in [1.165, 1.54) is 6.07 Å². The van der Waals surface area contributed by atoms with E-state index in [-0.39, 0.29) is 18.3 Å². The third-order valence-electron chi connectivity index (χ3n) is 2.21. The Labute approximate surface area is 106 Å². The maximum Gasteiger partial charge on any atom is 0.377 e. The Balaban J connectivity index is 2.24. The summed E-state index contributed by atoms with van der Waals surface area (Å²) >= 11 is 0. The first-order valence-electron chi connectivity index (χ1n) is 5.86. The molecule has 0 aromatic carbocycles. The van der Waals surface area contributed by atoms with E-state index in [9.17, 15) is 9.59 Å². The molecule has 18 heavy (non-hydrogen) atoms. The third kappa shape index (κ3) is 4.99. The SMILES string of the molecule is Cc1cc(C(=O)OCC(=O)NCCC(C)C)on1. The quantitative estimate of drug-likeness (QED) is 0.774. The third-order valence-corrected chi connectivity index (χ3v) is 2.21. The average Bonchev–Trinajstić information content (AvgIpc) is 2.72. The van der Waals surface area contributed by atoms with Crippen LogP contribution in [0.2, 0.25) is 0 Å². The number of aromatic nitrogens is 1. The molecule has 100 valence electrons. The summed E-state index contributed by atoms with van der Waals surface area (Å²) < 4.78 is 9.49. The van der Waals surface area contributed by atoms with Gasteiger partial charge in [0, 0.05) is 12.6 Å². The largest absolute Gasteiger partial charge is 0.450 e. The van der Waals surface area contributed by atoms with E-state index in [0.29, 0.717) is 18.2 Å². The molecule has 1 N–H and O–H groups in total. The molecule has 0 aliphatic heterocycles. The minimum absolute atomic E-state index is 0.00230. The molecule has 0 bridgehead atoms. The van der Waals surface area contributed by atoms with Gasteiger partial charge in [-0.15, -0.1) is 0 Å². The molecule has 0 atom stereocenters. The lowest BCUT2D eigenvalue weighted by atomic mass is 10.1. The molecule has 0 saturated heterocycles. The summed E-state index contributed by atoms with van der Waals surface area (Å²) in [4.78, 5) is 22.7. The van der Waals surface area contributed by atoms with Crippen LogP contribution in [0.5, 0.6) is 0 Å². The van der Waals surface area contributed by atoms with Gasteiger partial charge in [0.15, 0.2) is 6.61 Å². The van der Waals surface area contributed by atoms with Gasteiger partial charge in [-0.3, -0.25) is 4.79 Å². The van der Waals surface area contributed by atoms with E-state index >= 15 is 0 Å². The highest BCUT2D eigenvalue weighted by molar-refractivity contribution is 5.88. The summed E-state index contributed by atoms with van der Waals surface area (Å²) in [5.74, 6) is -0.484. The van der Waals surface area contributed by atoms with Crippen molar-refractivity contribution < 1.29 is 18.8 Å². The molecule has 1 aromatic rings. The summed E-state index contributed by atoms with van der Waals surface area (Å²) in [5.41, 5.74) is 0.586. The molecule has 1 rings (SSSR count). The maximum absolute atomic E-state index is 11.4. The van der Waals surface area contributed by atoms with E-state index in [4.69, 9.17) is 9.26 Å². The second-order valence-electron chi connectivity index (χ2n) is 4.44. The number of aryl methyl sites for hydroxylation is 1. The molecule has 1 heterocycles. The molecule has 1 aromatic heterocycles. The molecule has 1 amide bonds. The van der Waals surface area contributed by atoms with Crippen molar-refractivity contribution in [2.75, 3.05) is 13.2 Å². The number of hydrogen-bond donors (Lipinski definition) is 1. The highest BCUT2D eigenvalue weighted by Crippen LogP contribution is 2.03. The Hall–Kier alpha value is -1.85. The van der Waals surface area contributed by atoms with Crippen molar-refractivity contribution in [3.8, 4) is 0 Å². The average molecular weight is 254 g/mol. The lowest BCUT2D eigenvalue weighted by Gasteiger charge is -2.07. The van der Waals surface area contributed by atoms with Crippen LogP contribution in [0.4, 0.5) is 0 Å². The van der Waals surface area contributed by atoms with Gasteiger partial charge in [0.25, 0.3) is 5.91 Å². The van der Waals surface area contributed by atoms with Crippen molar-refractivity contribution in [2.45, 2.75) is 27.2 Å². The predicted molar refractivity (Wildman–Crippen MR) is 64.0 cm³/mol. The predicted octanol–water partition coefficient (Wildman–Crippen LogP) is 1.30. The van der Waals surface area contributed by atoms with Crippen LogP contribution < -0.4 is 5.32 Å². The topological polar surface area (TPSA) is 81.4 Å². The summed E-state index contributed by atoms with van der Waals surface area (Å²) in [6.07, 6.45) is 0.890. The molecule has 0 spiro atoms. The zero-order valence-corrected chi connectivity index (χ0v) is 10.9. The second kappa shape index (κ2) is 6.78. The number of carbonyl (C=O) groups excluding carboxylic acids is 2. The fourth-order valence-corrected chi connectivity index (χ4v) is 1.21. The zero-order valence-electron chi connectivity index (χ0n) is 10.9. The fraction of sp³-hybridized carbons (Fsp3) is 0.583. The highest BCUT2D eigenvalue weighted by atomic mass is 16.6. The van der Waals surface area contributed by atoms with Gasteiger partial charge in [-0.25, -0.2) is 4.79 Å². The van der Waals surface area contributed by atoms with Crippen LogP contribution in [0.1, 0.15) is 36.5 Å². The van der Waals surface area contributed by atoms with Gasteiger partial charge >= 0.3 is 5.97 Å². The highest BCUT2D eigenvalue weighted by Gasteiger charge is 2.14. The molecular formula is C12H18N2O4. The number of hydrogen-bond acceptors (Lipinski definition) is 5. The van der Waals surface area contributed by atoms with Crippen molar-refractivity contribution in [1.29, 1.82) is 0 Å². The standard InChI is InChI=1S/C12H18N2O4/c1-8(2)4-5-13-11(15)7-17-12(16)10-6-9(3)14-18-10/h6,8H,4-5,7H2,1-3H3,(H,13,15). The van der Waals surface area contributed by atoms with Gasteiger partial charge in [0.1, 0.15) is 0 Å². The number of carbonyl (C=O) groups is 2. The number of esters is 1. The Morgan fingerprint density at radius 2 is 2.22 bits per heavy atom. The van der Waals surface area contributed by atoms with Crippen LogP contribution in [-0.2, 0) is 9.53 Å². The Kier molecular flexibility index (Phi) is 5.35. The van der Waals surface area contributed by atoms with Gasteiger partial charge in [-0.1, -0.05) is 19.0 Å². The Bertz CT molecular complexity index is 412. The summed E-state index contributed by atoms with van der Waals surface area (Å²) in [6, 6.07) is 1.46. The Morgan fingerprint density at radius 3 is 2.78 bits per heavy atom. The minimum Gasteiger partial charge on any atom is -0.450 e. The van der Waals surface area contributed by atoms with E-state index < -0.39 is 5.97 Å². The fourth-order valence-electron chi connectivity index (χ4n) is 1.21. The van der Waals surface area contributed by atoms with Gasteiger partial charge in [-0.05, 0) is 19.3 Å². The molecule has 0 radical (unpaired) electrons. The van der Waals surface area contributed by atoms with Crippen molar-refractivity contribution in [3.05, 3.63) is 17.5 Å². The zero-order chi connectivity index (χ0) is 13.5. The van der Waals surface area contributed by atoms with Gasteiger partial charge < -0.3 is 14.6 Å². The Morgan fingerprint density at radius 1 is 1.50 bits per heavy atom. The van der Waals surface area contributed by atoms with Crippen LogP contribution >= 0.6 is 0 Å². The van der Waals surface area contributed by atoms with Crippen LogP contribution in [0, 0.1) is 12.8 Å². The lowest BCUT2D eigenvalue weighted by Crippen LogP contribution is -2.30. The first kappa shape index (κ1) is 14.2. The number of nitrogens with zero attached hydrogens (tertiary/aromatic N) is 1. The molecular weight excluding hydrogens is 236 g/mol. The smallest absolute Gasteiger partial charge is 0.377 e. The second-order valence-corrected chi connectivity index (χ2v) is 4.44. The van der Waals surface area contributed by atoms with Gasteiger partial charge in [-0.2, -0.15) is 0 Å². The molecule has 6 heteroatoms. The summed E-state index contributed by atoms with van der Waals surface area (Å²) in [7, 11) is 0. The number of rotatable bonds is 6. The first-order chi connectivity index (χ1) is 8.49. The molecule has 0 saturated carbocycles. The van der Waals surface area contributed by atoms with Gasteiger partial charge in [0.05, 0.1) is 5.69 Å². The first-order valence-corrected chi connectivity index (χ1v) is 5.86. The van der Waals surface area contributed by atoms with E-state index in [0.717, 1.165) is 6.42 Å². The van der Waals surface area contributed by atoms with Crippen molar-refractivity contribution >= 4 is 11.9 Å². The van der Waals surface area contributed by atoms with Crippen LogP contribution in [0.3, 0.4) is 0 Å². The number of nitrogens with one attached hydrogen (secondary N) is 1. The van der Waals surface area contributed by atoms with Crippen molar-refractivity contribution in [1.82, 2.24) is 10.5 Å². The van der Waals surface area contributed by atoms with Crippen molar-refractivity contribution in [2.24, 2.45) is 5.92 Å². The summed E-state index contributed by atoms with van der Waals surface area (Å²) in [6.45, 7) is 6.10. The molecule has 0 unspecified atom stereocenters. The van der Waals surface area contributed by atoms with E-state index in [2.05, 4.69) is 24.3 Å². The summed E-state index contributed by atoms with van der Waals surface area (Å²) in [5, 5.41) is 6.22. The minimum atomic E-state index is -0.686. The molecule has 0 fully saturated rings. The normalized spacial score (nSPS) is 10.4. The maximum atomic E-state index is 11.4. The van der Waals surface area contributed by atoms with Crippen LogP contribution in [0.15, 0.2) is 10.6 Å². The van der Waals surface area contributed by atoms with Crippen molar-refractivity contribution in [3.63, 3.8) is 0 Å². The lowest BCUT2D eigenvalue weighted by molar-refractivity contribution is -0.124. The monoisotopic (exact) mass is 254 g/mol. The van der Waals surface area contributed by atoms with E-state index in [1.807, 2.05) is 0 Å². The molecule has 6 nitrogen and oxygen atoms in total. The number of amides is 1. The van der Waals surface area contributed by atoms with Crippen LogP contribution in [0.25, 0.3) is 0 Å².